The number of carbonyl (C=O) groups excluding carboxylic acids is 2. The number of nitrogens with one attached hydrogen (secondary N) is 2. The number of hydrogen-bond acceptors (Lipinski definition) is 4. The van der Waals surface area contributed by atoms with Crippen LogP contribution in [-0.4, -0.2) is 42.3 Å². The highest BCUT2D eigenvalue weighted by atomic mass is 16.5. The molecule has 0 aromatic heterocycles. The lowest BCUT2D eigenvalue weighted by atomic mass is 9.84. The van der Waals surface area contributed by atoms with Crippen molar-refractivity contribution in [3.05, 3.63) is 59.7 Å². The normalized spacial score (nSPS) is 17.2. The summed E-state index contributed by atoms with van der Waals surface area (Å²) in [6.07, 6.45) is 2.09. The number of aliphatic carboxylic acids is 1. The monoisotopic (exact) mass is 478 g/mol. The van der Waals surface area contributed by atoms with Crippen molar-refractivity contribution >= 4 is 18.0 Å². The number of ether oxygens (including phenoxy) is 1. The smallest absolute Gasteiger partial charge is 0.407 e. The number of carboxylic acid groups (broad SMARTS) is 1. The van der Waals surface area contributed by atoms with E-state index in [1.165, 1.54) is 0 Å². The fourth-order valence-electron chi connectivity index (χ4n) is 5.31. The van der Waals surface area contributed by atoms with Gasteiger partial charge in [0.15, 0.2) is 0 Å². The maximum Gasteiger partial charge on any atom is 0.407 e. The Hall–Kier alpha value is -3.35. The van der Waals surface area contributed by atoms with Crippen LogP contribution in [-0.2, 0) is 14.3 Å². The van der Waals surface area contributed by atoms with Gasteiger partial charge in [-0.15, -0.1) is 0 Å². The maximum atomic E-state index is 13.1. The van der Waals surface area contributed by atoms with E-state index >= 15 is 0 Å². The largest absolute Gasteiger partial charge is 0.481 e. The zero-order valence-corrected chi connectivity index (χ0v) is 20.6. The van der Waals surface area contributed by atoms with Gasteiger partial charge < -0.3 is 20.5 Å². The van der Waals surface area contributed by atoms with Gasteiger partial charge in [0, 0.05) is 12.5 Å². The lowest BCUT2D eigenvalue weighted by molar-refractivity contribution is -0.148. The van der Waals surface area contributed by atoms with Gasteiger partial charge in [-0.05, 0) is 40.5 Å². The van der Waals surface area contributed by atoms with Gasteiger partial charge in [0.2, 0.25) is 5.91 Å². The molecule has 0 saturated heterocycles. The fraction of sp³-hybridized carbons (Fsp3) is 0.464. The van der Waals surface area contributed by atoms with Crippen LogP contribution in [0.15, 0.2) is 48.5 Å². The van der Waals surface area contributed by atoms with Gasteiger partial charge in [0.05, 0.1) is 5.41 Å². The second kappa shape index (κ2) is 9.72. The molecule has 2 amide bonds. The van der Waals surface area contributed by atoms with Crippen LogP contribution < -0.4 is 10.6 Å². The SMILES string of the molecule is CC(C)(C)C(NC(=O)OCC1c2ccccc2-c2ccccc21)C(=O)NCC1(C(=O)O)CCCC1. The van der Waals surface area contributed by atoms with E-state index in [1.807, 2.05) is 57.2 Å². The van der Waals surface area contributed by atoms with E-state index in [9.17, 15) is 19.5 Å². The summed E-state index contributed by atoms with van der Waals surface area (Å²) in [6.45, 7) is 5.76. The molecule has 35 heavy (non-hydrogen) atoms. The van der Waals surface area contributed by atoms with Crippen molar-refractivity contribution in [3.63, 3.8) is 0 Å². The van der Waals surface area contributed by atoms with Crippen LogP contribution in [0.1, 0.15) is 63.5 Å². The Morgan fingerprint density at radius 1 is 1.00 bits per heavy atom. The third kappa shape index (κ3) is 5.04. The minimum Gasteiger partial charge on any atom is -0.481 e. The average Bonchev–Trinajstić information content (AvgIpc) is 3.43. The third-order valence-corrected chi connectivity index (χ3v) is 7.35. The van der Waals surface area contributed by atoms with Gasteiger partial charge >= 0.3 is 12.1 Å². The lowest BCUT2D eigenvalue weighted by Gasteiger charge is -2.32. The Bertz CT molecular complexity index is 1070. The molecule has 0 heterocycles. The van der Waals surface area contributed by atoms with Crippen molar-refractivity contribution in [1.82, 2.24) is 10.6 Å². The number of alkyl carbamates (subject to hydrolysis) is 1. The molecule has 2 aromatic carbocycles. The number of hydrogen-bond donors (Lipinski definition) is 3. The number of rotatable bonds is 7. The van der Waals surface area contributed by atoms with Crippen molar-refractivity contribution in [2.75, 3.05) is 13.2 Å². The topological polar surface area (TPSA) is 105 Å². The van der Waals surface area contributed by atoms with Crippen LogP contribution in [0.25, 0.3) is 11.1 Å². The number of carboxylic acids is 1. The van der Waals surface area contributed by atoms with E-state index in [0.717, 1.165) is 35.1 Å². The molecule has 0 radical (unpaired) electrons. The molecule has 2 aliphatic carbocycles. The van der Waals surface area contributed by atoms with Gasteiger partial charge in [-0.1, -0.05) is 82.1 Å². The quantitative estimate of drug-likeness (QED) is 0.535. The van der Waals surface area contributed by atoms with Crippen molar-refractivity contribution in [3.8, 4) is 11.1 Å². The molecule has 3 N–H and O–H groups in total. The van der Waals surface area contributed by atoms with E-state index in [0.29, 0.717) is 12.8 Å². The second-order valence-corrected chi connectivity index (χ2v) is 10.8. The van der Waals surface area contributed by atoms with E-state index in [2.05, 4.69) is 22.8 Å². The molecular formula is C28H34N2O5. The minimum atomic E-state index is -0.929. The molecule has 1 unspecified atom stereocenters. The Labute approximate surface area is 206 Å². The van der Waals surface area contributed by atoms with Gasteiger partial charge in [-0.3, -0.25) is 9.59 Å². The first-order valence-electron chi connectivity index (χ1n) is 12.2. The summed E-state index contributed by atoms with van der Waals surface area (Å²) in [5.74, 6) is -1.36. The van der Waals surface area contributed by atoms with Crippen molar-refractivity contribution < 1.29 is 24.2 Å². The molecule has 7 nitrogen and oxygen atoms in total. The predicted molar refractivity (Wildman–Crippen MR) is 133 cm³/mol. The zero-order valence-electron chi connectivity index (χ0n) is 20.6. The summed E-state index contributed by atoms with van der Waals surface area (Å²) in [5.41, 5.74) is 2.99. The van der Waals surface area contributed by atoms with E-state index in [-0.39, 0.29) is 19.1 Å². The molecule has 0 aliphatic heterocycles. The highest BCUT2D eigenvalue weighted by molar-refractivity contribution is 5.87. The standard InChI is InChI=1S/C28H34N2O5/c1-27(2,3)23(24(31)29-17-28(25(32)33)14-8-9-15-28)30-26(34)35-16-22-20-12-6-4-10-18(20)19-11-5-7-13-21(19)22/h4-7,10-13,22-23H,8-9,14-17H2,1-3H3,(H,29,31)(H,30,34)(H,32,33). The molecule has 0 spiro atoms. The molecule has 4 rings (SSSR count). The number of amides is 2. The van der Waals surface area contributed by atoms with Gasteiger partial charge in [-0.2, -0.15) is 0 Å². The molecule has 7 heteroatoms. The second-order valence-electron chi connectivity index (χ2n) is 10.8. The average molecular weight is 479 g/mol. The molecular weight excluding hydrogens is 444 g/mol. The van der Waals surface area contributed by atoms with Crippen LogP contribution in [0.3, 0.4) is 0 Å². The first kappa shape index (κ1) is 24.8. The van der Waals surface area contributed by atoms with Crippen LogP contribution in [0, 0.1) is 10.8 Å². The Kier molecular flexibility index (Phi) is 6.88. The van der Waals surface area contributed by atoms with Gasteiger partial charge in [-0.25, -0.2) is 4.79 Å². The highest BCUT2D eigenvalue weighted by Gasteiger charge is 2.43. The highest BCUT2D eigenvalue weighted by Crippen LogP contribution is 2.44. The van der Waals surface area contributed by atoms with Crippen LogP contribution >= 0.6 is 0 Å². The first-order valence-corrected chi connectivity index (χ1v) is 12.2. The molecule has 2 aromatic rings. The van der Waals surface area contributed by atoms with Crippen LogP contribution in [0.2, 0.25) is 0 Å². The molecule has 186 valence electrons. The van der Waals surface area contributed by atoms with Crippen LogP contribution in [0.4, 0.5) is 4.79 Å². The third-order valence-electron chi connectivity index (χ3n) is 7.35. The number of benzene rings is 2. The molecule has 2 aliphatic rings. The van der Waals surface area contributed by atoms with Gasteiger partial charge in [0.25, 0.3) is 0 Å². The van der Waals surface area contributed by atoms with E-state index in [4.69, 9.17) is 4.74 Å². The Morgan fingerprint density at radius 3 is 2.06 bits per heavy atom. The summed E-state index contributed by atoms with van der Waals surface area (Å²) in [4.78, 5) is 37.7. The molecule has 1 atom stereocenters. The van der Waals surface area contributed by atoms with Crippen molar-refractivity contribution in [2.45, 2.75) is 58.4 Å². The van der Waals surface area contributed by atoms with Crippen LogP contribution in [0.5, 0.6) is 0 Å². The summed E-state index contributed by atoms with van der Waals surface area (Å²) >= 11 is 0. The first-order chi connectivity index (χ1) is 16.6. The minimum absolute atomic E-state index is 0.0557. The lowest BCUT2D eigenvalue weighted by Crippen LogP contribution is -2.55. The molecule has 1 fully saturated rings. The van der Waals surface area contributed by atoms with Crippen molar-refractivity contribution in [1.29, 1.82) is 0 Å². The Morgan fingerprint density at radius 2 is 1.54 bits per heavy atom. The predicted octanol–water partition coefficient (Wildman–Crippen LogP) is 4.70. The summed E-state index contributed by atoms with van der Waals surface area (Å²) in [6, 6.07) is 15.3. The number of carbonyl (C=O) groups is 3. The van der Waals surface area contributed by atoms with E-state index in [1.54, 1.807) is 0 Å². The summed E-state index contributed by atoms with van der Waals surface area (Å²) in [5, 5.41) is 15.2. The van der Waals surface area contributed by atoms with Gasteiger partial charge in [0.1, 0.15) is 12.6 Å². The van der Waals surface area contributed by atoms with Crippen molar-refractivity contribution in [2.24, 2.45) is 10.8 Å². The fourth-order valence-corrected chi connectivity index (χ4v) is 5.31. The summed E-state index contributed by atoms with van der Waals surface area (Å²) < 4.78 is 5.63. The van der Waals surface area contributed by atoms with E-state index < -0.39 is 34.8 Å². The Balaban J connectivity index is 1.41. The number of fused-ring (bicyclic) bond motifs is 3. The maximum absolute atomic E-state index is 13.1. The molecule has 0 bridgehead atoms. The zero-order chi connectivity index (χ0) is 25.2. The summed E-state index contributed by atoms with van der Waals surface area (Å²) in [7, 11) is 0. The molecule has 1 saturated carbocycles.